The van der Waals surface area contributed by atoms with E-state index in [9.17, 15) is 4.39 Å². The number of halogens is 2. The van der Waals surface area contributed by atoms with E-state index in [0.717, 1.165) is 30.7 Å². The van der Waals surface area contributed by atoms with E-state index in [4.69, 9.17) is 4.74 Å². The average Bonchev–Trinajstić information content (AvgIpc) is 2.50. The lowest BCUT2D eigenvalue weighted by Gasteiger charge is -2.44. The Morgan fingerprint density at radius 2 is 2.10 bits per heavy atom. The summed E-state index contributed by atoms with van der Waals surface area (Å²) in [4.78, 5) is 0. The highest BCUT2D eigenvalue weighted by molar-refractivity contribution is 9.10. The third-order valence-electron chi connectivity index (χ3n) is 4.97. The zero-order chi connectivity index (χ0) is 15.5. The lowest BCUT2D eigenvalue weighted by molar-refractivity contribution is -0.0730. The summed E-state index contributed by atoms with van der Waals surface area (Å²) in [5, 5.41) is 3.41. The molecule has 118 valence electrons. The molecule has 0 aromatic heterocycles. The largest absolute Gasteiger partial charge is 0.377 e. The Labute approximate surface area is 135 Å². The molecule has 1 aromatic carbocycles. The van der Waals surface area contributed by atoms with Crippen molar-refractivity contribution >= 4 is 15.9 Å². The summed E-state index contributed by atoms with van der Waals surface area (Å²) in [5.74, 6) is 0.567. The highest BCUT2D eigenvalue weighted by Gasteiger charge is 2.41. The van der Waals surface area contributed by atoms with Crippen LogP contribution in [-0.4, -0.2) is 25.8 Å². The van der Waals surface area contributed by atoms with E-state index in [1.165, 1.54) is 18.9 Å². The summed E-state index contributed by atoms with van der Waals surface area (Å²) in [6.45, 7) is 2.30. The second-order valence-corrected chi connectivity index (χ2v) is 7.00. The topological polar surface area (TPSA) is 21.3 Å². The standard InChI is InChI=1S/C17H25BrFNO/c1-12-7-9-17(21-3,10-8-12)15(20-2)11-13-5-4-6-14(19)16(13)18/h4-6,12,15,20H,7-11H2,1-3H3. The van der Waals surface area contributed by atoms with Crippen LogP contribution in [-0.2, 0) is 11.2 Å². The molecule has 0 aliphatic heterocycles. The van der Waals surface area contributed by atoms with Gasteiger partial charge in [-0.15, -0.1) is 0 Å². The van der Waals surface area contributed by atoms with Gasteiger partial charge in [0.15, 0.2) is 0 Å². The van der Waals surface area contributed by atoms with Crippen molar-refractivity contribution in [1.82, 2.24) is 5.32 Å². The van der Waals surface area contributed by atoms with Gasteiger partial charge in [0, 0.05) is 13.2 Å². The van der Waals surface area contributed by atoms with Crippen molar-refractivity contribution < 1.29 is 9.13 Å². The molecule has 0 saturated heterocycles. The van der Waals surface area contributed by atoms with Gasteiger partial charge in [-0.1, -0.05) is 19.1 Å². The first-order chi connectivity index (χ1) is 10.0. The normalized spacial score (nSPS) is 27.6. The van der Waals surface area contributed by atoms with Gasteiger partial charge in [0.2, 0.25) is 0 Å². The van der Waals surface area contributed by atoms with Crippen molar-refractivity contribution in [3.8, 4) is 0 Å². The highest BCUT2D eigenvalue weighted by Crippen LogP contribution is 2.38. The summed E-state index contributed by atoms with van der Waals surface area (Å²) in [6.07, 6.45) is 5.26. The molecule has 0 bridgehead atoms. The minimum atomic E-state index is -0.203. The third-order valence-corrected chi connectivity index (χ3v) is 5.85. The monoisotopic (exact) mass is 357 g/mol. The predicted molar refractivity (Wildman–Crippen MR) is 88.0 cm³/mol. The smallest absolute Gasteiger partial charge is 0.137 e. The van der Waals surface area contributed by atoms with Gasteiger partial charge in [-0.2, -0.15) is 0 Å². The fraction of sp³-hybridized carbons (Fsp3) is 0.647. The molecule has 2 nitrogen and oxygen atoms in total. The second-order valence-electron chi connectivity index (χ2n) is 6.21. The number of benzene rings is 1. The molecular weight excluding hydrogens is 333 g/mol. The number of hydrogen-bond acceptors (Lipinski definition) is 2. The lowest BCUT2D eigenvalue weighted by atomic mass is 9.74. The first kappa shape index (κ1) is 16.9. The molecular formula is C17H25BrFNO. The van der Waals surface area contributed by atoms with Crippen LogP contribution in [0, 0.1) is 11.7 Å². The van der Waals surface area contributed by atoms with Crippen molar-refractivity contribution in [2.24, 2.45) is 5.92 Å². The Morgan fingerprint density at radius 3 is 2.67 bits per heavy atom. The average molecular weight is 358 g/mol. The van der Waals surface area contributed by atoms with Crippen LogP contribution < -0.4 is 5.32 Å². The molecule has 1 aliphatic rings. The van der Waals surface area contributed by atoms with Crippen LogP contribution in [0.1, 0.15) is 38.2 Å². The number of nitrogens with one attached hydrogen (secondary N) is 1. The molecule has 2 rings (SSSR count). The Balaban J connectivity index is 2.20. The predicted octanol–water partition coefficient (Wildman–Crippen LogP) is 4.31. The number of likely N-dealkylation sites (N-methyl/N-ethyl adjacent to an activating group) is 1. The number of hydrogen-bond donors (Lipinski definition) is 1. The molecule has 0 radical (unpaired) electrons. The van der Waals surface area contributed by atoms with Gasteiger partial charge in [0.1, 0.15) is 5.82 Å². The van der Waals surface area contributed by atoms with Gasteiger partial charge < -0.3 is 10.1 Å². The van der Waals surface area contributed by atoms with Gasteiger partial charge in [-0.3, -0.25) is 0 Å². The van der Waals surface area contributed by atoms with Crippen molar-refractivity contribution in [3.05, 3.63) is 34.1 Å². The van der Waals surface area contributed by atoms with E-state index >= 15 is 0 Å². The van der Waals surface area contributed by atoms with E-state index in [2.05, 4.69) is 28.2 Å². The zero-order valence-electron chi connectivity index (χ0n) is 13.1. The Bertz CT molecular complexity index is 472. The fourth-order valence-electron chi connectivity index (χ4n) is 3.42. The van der Waals surface area contributed by atoms with Crippen LogP contribution in [0.5, 0.6) is 0 Å². The molecule has 4 heteroatoms. The van der Waals surface area contributed by atoms with Gasteiger partial charge >= 0.3 is 0 Å². The maximum absolute atomic E-state index is 13.7. The van der Waals surface area contributed by atoms with E-state index in [1.54, 1.807) is 13.2 Å². The van der Waals surface area contributed by atoms with Crippen LogP contribution in [0.25, 0.3) is 0 Å². The van der Waals surface area contributed by atoms with Crippen molar-refractivity contribution in [3.63, 3.8) is 0 Å². The summed E-state index contributed by atoms with van der Waals surface area (Å²) in [5.41, 5.74) is 0.844. The lowest BCUT2D eigenvalue weighted by Crippen LogP contribution is -2.54. The van der Waals surface area contributed by atoms with Gasteiger partial charge in [-0.25, -0.2) is 4.39 Å². The molecule has 0 spiro atoms. The van der Waals surface area contributed by atoms with Crippen LogP contribution in [0.15, 0.2) is 22.7 Å². The van der Waals surface area contributed by atoms with Crippen LogP contribution in [0.4, 0.5) is 4.39 Å². The molecule has 1 atom stereocenters. The van der Waals surface area contributed by atoms with Gasteiger partial charge in [-0.05, 0) is 72.6 Å². The molecule has 0 amide bonds. The highest BCUT2D eigenvalue weighted by atomic mass is 79.9. The fourth-order valence-corrected chi connectivity index (χ4v) is 3.85. The summed E-state index contributed by atoms with van der Waals surface area (Å²) in [7, 11) is 3.78. The first-order valence-corrected chi connectivity index (χ1v) is 8.47. The van der Waals surface area contributed by atoms with E-state index in [0.29, 0.717) is 4.47 Å². The Kier molecular flexibility index (Phi) is 5.81. The van der Waals surface area contributed by atoms with Crippen LogP contribution in [0.2, 0.25) is 0 Å². The minimum Gasteiger partial charge on any atom is -0.377 e. The maximum atomic E-state index is 13.7. The molecule has 1 fully saturated rings. The van der Waals surface area contributed by atoms with Gasteiger partial charge in [0.05, 0.1) is 10.1 Å². The molecule has 0 heterocycles. The van der Waals surface area contributed by atoms with Gasteiger partial charge in [0.25, 0.3) is 0 Å². The van der Waals surface area contributed by atoms with Crippen LogP contribution in [0.3, 0.4) is 0 Å². The Morgan fingerprint density at radius 1 is 1.43 bits per heavy atom. The molecule has 1 saturated carbocycles. The summed E-state index contributed by atoms with van der Waals surface area (Å²) >= 11 is 3.37. The van der Waals surface area contributed by atoms with Crippen LogP contribution >= 0.6 is 15.9 Å². The quantitative estimate of drug-likeness (QED) is 0.847. The van der Waals surface area contributed by atoms with E-state index < -0.39 is 0 Å². The maximum Gasteiger partial charge on any atom is 0.137 e. The SMILES string of the molecule is CNC(Cc1cccc(F)c1Br)C1(OC)CCC(C)CC1. The number of methoxy groups -OCH3 is 1. The summed E-state index contributed by atoms with van der Waals surface area (Å²) in [6, 6.07) is 5.42. The summed E-state index contributed by atoms with van der Waals surface area (Å²) < 4.78 is 20.2. The Hall–Kier alpha value is -0.450. The van der Waals surface area contributed by atoms with E-state index in [1.807, 2.05) is 13.1 Å². The van der Waals surface area contributed by atoms with Crippen molar-refractivity contribution in [2.45, 2.75) is 50.7 Å². The zero-order valence-corrected chi connectivity index (χ0v) is 14.7. The second kappa shape index (κ2) is 7.21. The molecule has 21 heavy (non-hydrogen) atoms. The van der Waals surface area contributed by atoms with Crippen molar-refractivity contribution in [1.29, 1.82) is 0 Å². The number of ether oxygens (including phenoxy) is 1. The minimum absolute atomic E-state index is 0.146. The first-order valence-electron chi connectivity index (χ1n) is 7.67. The molecule has 1 unspecified atom stereocenters. The van der Waals surface area contributed by atoms with E-state index in [-0.39, 0.29) is 17.5 Å². The molecule has 1 aliphatic carbocycles. The number of rotatable bonds is 5. The van der Waals surface area contributed by atoms with Crippen molar-refractivity contribution in [2.75, 3.05) is 14.2 Å². The molecule has 1 N–H and O–H groups in total. The third kappa shape index (κ3) is 3.66. The molecule has 1 aromatic rings.